The molecule has 0 atom stereocenters. The smallest absolute Gasteiger partial charge is 0.314 e. The topological polar surface area (TPSA) is 74.9 Å². The fourth-order valence-corrected chi connectivity index (χ4v) is 3.93. The summed E-state index contributed by atoms with van der Waals surface area (Å²) in [4.78, 5) is 16.4. The minimum absolute atomic E-state index is 0.173. The summed E-state index contributed by atoms with van der Waals surface area (Å²) >= 11 is 0. The Morgan fingerprint density at radius 1 is 1.05 bits per heavy atom. The van der Waals surface area contributed by atoms with Crippen LogP contribution in [0.3, 0.4) is 0 Å². The lowest BCUT2D eigenvalue weighted by Gasteiger charge is -2.41. The van der Waals surface area contributed by atoms with Gasteiger partial charge >= 0.3 is 6.43 Å². The van der Waals surface area contributed by atoms with E-state index in [1.54, 1.807) is 24.1 Å². The van der Waals surface area contributed by atoms with Gasteiger partial charge in [0.2, 0.25) is 12.3 Å². The van der Waals surface area contributed by atoms with Crippen LogP contribution >= 0.6 is 0 Å². The van der Waals surface area contributed by atoms with Gasteiger partial charge in [0, 0.05) is 56.6 Å². The van der Waals surface area contributed by atoms with E-state index < -0.39 is 18.1 Å². The van der Waals surface area contributed by atoms with Gasteiger partial charge in [0.05, 0.1) is 19.3 Å². The lowest BCUT2D eigenvalue weighted by atomic mass is 10.1. The largest absolute Gasteiger partial charge is 0.415 e. The van der Waals surface area contributed by atoms with Crippen molar-refractivity contribution in [3.63, 3.8) is 0 Å². The number of amides is 1. The molecule has 1 aromatic heterocycles. The zero-order valence-corrected chi connectivity index (χ0v) is 20.2. The first-order chi connectivity index (χ1) is 17.8. The third-order valence-corrected chi connectivity index (χ3v) is 6.24. The summed E-state index contributed by atoms with van der Waals surface area (Å²) < 4.78 is 62.1. The lowest BCUT2D eigenvalue weighted by Crippen LogP contribution is -2.56. The second kappa shape index (κ2) is 12.2. The predicted octanol–water partition coefficient (Wildman–Crippen LogP) is 3.75. The van der Waals surface area contributed by atoms with Crippen LogP contribution < -0.4 is 4.90 Å². The number of carbonyl (C=O) groups excluding carboxylic acids is 1. The number of carbonyl (C=O) groups is 1. The molecule has 0 saturated carbocycles. The number of benzene rings is 2. The van der Waals surface area contributed by atoms with Crippen LogP contribution in [0, 0.1) is 11.6 Å². The zero-order chi connectivity index (χ0) is 26.4. The summed E-state index contributed by atoms with van der Waals surface area (Å²) in [5.41, 5.74) is 1.32. The highest BCUT2D eigenvalue weighted by atomic mass is 19.3. The van der Waals surface area contributed by atoms with Crippen molar-refractivity contribution < 1.29 is 31.5 Å². The SMILES string of the molecule is CN(Cc1ccc(-c2nnc(C(F)F)o2)cc1F)c1ccc(F)cc1.O=CN1CCN(C2COC2)CC1. The monoisotopic (exact) mass is 521 g/mol. The summed E-state index contributed by atoms with van der Waals surface area (Å²) in [6.07, 6.45) is -1.94. The summed E-state index contributed by atoms with van der Waals surface area (Å²) in [5, 5.41) is 6.70. The molecule has 8 nitrogen and oxygen atoms in total. The first-order valence-electron chi connectivity index (χ1n) is 11.7. The highest BCUT2D eigenvalue weighted by Crippen LogP contribution is 2.26. The van der Waals surface area contributed by atoms with E-state index in [4.69, 9.17) is 9.15 Å². The highest BCUT2D eigenvalue weighted by molar-refractivity contribution is 5.54. The first kappa shape index (κ1) is 26.6. The molecule has 2 aromatic carbocycles. The Bertz CT molecular complexity index is 1170. The minimum atomic E-state index is -2.88. The first-order valence-corrected chi connectivity index (χ1v) is 11.7. The molecule has 12 heteroatoms. The molecule has 0 radical (unpaired) electrons. The van der Waals surface area contributed by atoms with E-state index >= 15 is 0 Å². The predicted molar refractivity (Wildman–Crippen MR) is 127 cm³/mol. The van der Waals surface area contributed by atoms with Gasteiger partial charge in [-0.15, -0.1) is 10.2 Å². The number of halogens is 4. The molecule has 2 aliphatic rings. The molecule has 2 saturated heterocycles. The van der Waals surface area contributed by atoms with Crippen molar-refractivity contribution in [2.75, 3.05) is 51.3 Å². The molecule has 2 fully saturated rings. The fraction of sp³-hybridized carbons (Fsp3) is 0.400. The molecule has 198 valence electrons. The van der Waals surface area contributed by atoms with E-state index in [-0.39, 0.29) is 23.8 Å². The molecule has 0 unspecified atom stereocenters. The van der Waals surface area contributed by atoms with Crippen LogP contribution in [-0.2, 0) is 16.1 Å². The van der Waals surface area contributed by atoms with E-state index in [9.17, 15) is 22.4 Å². The number of hydrogen-bond acceptors (Lipinski definition) is 7. The van der Waals surface area contributed by atoms with Gasteiger partial charge in [-0.2, -0.15) is 8.78 Å². The van der Waals surface area contributed by atoms with Crippen molar-refractivity contribution in [3.8, 4) is 11.5 Å². The van der Waals surface area contributed by atoms with Crippen molar-refractivity contribution in [2.45, 2.75) is 19.0 Å². The molecule has 0 N–H and O–H groups in total. The second-order valence-electron chi connectivity index (χ2n) is 8.75. The Labute approximate surface area is 211 Å². The van der Waals surface area contributed by atoms with Gasteiger partial charge in [0.15, 0.2) is 0 Å². The Morgan fingerprint density at radius 2 is 1.76 bits per heavy atom. The number of aromatic nitrogens is 2. The number of rotatable bonds is 7. The van der Waals surface area contributed by atoms with Crippen LogP contribution in [0.15, 0.2) is 46.9 Å². The highest BCUT2D eigenvalue weighted by Gasteiger charge is 2.28. The summed E-state index contributed by atoms with van der Waals surface area (Å²) in [7, 11) is 1.74. The van der Waals surface area contributed by atoms with Crippen LogP contribution in [0.1, 0.15) is 17.9 Å². The van der Waals surface area contributed by atoms with Gasteiger partial charge in [-0.25, -0.2) is 8.78 Å². The number of nitrogens with zero attached hydrogens (tertiary/aromatic N) is 5. The molecular formula is C25H27F4N5O3. The molecule has 0 spiro atoms. The molecule has 5 rings (SSSR count). The lowest BCUT2D eigenvalue weighted by molar-refractivity contribution is -0.122. The number of ether oxygens (including phenoxy) is 1. The Hall–Kier alpha value is -3.51. The van der Waals surface area contributed by atoms with Crippen LogP contribution in [-0.4, -0.2) is 78.9 Å². The van der Waals surface area contributed by atoms with Gasteiger partial charge in [0.25, 0.3) is 5.89 Å². The summed E-state index contributed by atoms with van der Waals surface area (Å²) in [6.45, 7) is 5.76. The molecule has 37 heavy (non-hydrogen) atoms. The average molecular weight is 522 g/mol. The van der Waals surface area contributed by atoms with E-state index in [1.165, 1.54) is 24.3 Å². The molecular weight excluding hydrogens is 494 g/mol. The van der Waals surface area contributed by atoms with Gasteiger partial charge in [-0.05, 0) is 36.4 Å². The van der Waals surface area contributed by atoms with Gasteiger partial charge in [0.1, 0.15) is 11.6 Å². The molecule has 3 heterocycles. The maximum Gasteiger partial charge on any atom is 0.314 e. The zero-order valence-electron chi connectivity index (χ0n) is 20.2. The minimum Gasteiger partial charge on any atom is -0.415 e. The maximum atomic E-state index is 14.3. The van der Waals surface area contributed by atoms with E-state index in [1.807, 2.05) is 4.90 Å². The van der Waals surface area contributed by atoms with Crippen LogP contribution in [0.5, 0.6) is 0 Å². The van der Waals surface area contributed by atoms with Gasteiger partial charge in [-0.3, -0.25) is 9.69 Å². The summed E-state index contributed by atoms with van der Waals surface area (Å²) in [6, 6.07) is 10.6. The molecule has 0 bridgehead atoms. The number of piperazine rings is 1. The van der Waals surface area contributed by atoms with Crippen molar-refractivity contribution in [2.24, 2.45) is 0 Å². The quantitative estimate of drug-likeness (QED) is 0.346. The molecule has 1 amide bonds. The van der Waals surface area contributed by atoms with Crippen LogP contribution in [0.25, 0.3) is 11.5 Å². The van der Waals surface area contributed by atoms with Crippen LogP contribution in [0.4, 0.5) is 23.2 Å². The Balaban J connectivity index is 0.000000222. The molecule has 0 aliphatic carbocycles. The normalized spacial score (nSPS) is 16.2. The number of hydrogen-bond donors (Lipinski definition) is 0. The third kappa shape index (κ3) is 6.83. The number of alkyl halides is 2. The summed E-state index contributed by atoms with van der Waals surface area (Å²) in [5.74, 6) is -1.87. The van der Waals surface area contributed by atoms with E-state index in [2.05, 4.69) is 15.1 Å². The van der Waals surface area contributed by atoms with Crippen molar-refractivity contribution in [3.05, 3.63) is 65.6 Å². The van der Waals surface area contributed by atoms with E-state index in [0.29, 0.717) is 11.6 Å². The van der Waals surface area contributed by atoms with Crippen LogP contribution in [0.2, 0.25) is 0 Å². The van der Waals surface area contributed by atoms with Gasteiger partial charge < -0.3 is 19.0 Å². The van der Waals surface area contributed by atoms with E-state index in [0.717, 1.165) is 57.6 Å². The van der Waals surface area contributed by atoms with Crippen molar-refractivity contribution in [1.82, 2.24) is 20.0 Å². The van der Waals surface area contributed by atoms with Crippen molar-refractivity contribution in [1.29, 1.82) is 0 Å². The molecule has 3 aromatic rings. The fourth-order valence-electron chi connectivity index (χ4n) is 3.93. The van der Waals surface area contributed by atoms with Gasteiger partial charge in [-0.1, -0.05) is 6.07 Å². The maximum absolute atomic E-state index is 14.3. The molecule has 2 aliphatic heterocycles. The Kier molecular flexibility index (Phi) is 8.72. The third-order valence-electron chi connectivity index (χ3n) is 6.24. The standard InChI is InChI=1S/C17H13F4N3O.C8H14N2O2/c1-24(13-6-4-12(18)5-7-13)9-11-3-2-10(8-14(11)19)16-22-23-17(25-16)15(20)21;11-7-9-1-3-10(4-2-9)8-5-12-6-8/h2-8,15H,9H2,1H3;7-8H,1-6H2. The van der Waals surface area contributed by atoms with Crippen molar-refractivity contribution >= 4 is 12.1 Å². The number of anilines is 1. The Morgan fingerprint density at radius 3 is 2.30 bits per heavy atom. The second-order valence-corrected chi connectivity index (χ2v) is 8.75. The average Bonchev–Trinajstić information content (AvgIpc) is 3.36.